The number of benzene rings is 2. The van der Waals surface area contributed by atoms with E-state index in [1.807, 2.05) is 18.2 Å². The Bertz CT molecular complexity index is 945. The molecule has 0 aromatic heterocycles. The summed E-state index contributed by atoms with van der Waals surface area (Å²) in [6, 6.07) is 16.4. The quantitative estimate of drug-likeness (QED) is 0.708. The molecule has 6 nitrogen and oxygen atoms in total. The first-order valence-electron chi connectivity index (χ1n) is 10.4. The van der Waals surface area contributed by atoms with Crippen LogP contribution < -0.4 is 10.0 Å². The fraction of sp³-hybridized carbons (Fsp3) is 0.435. The van der Waals surface area contributed by atoms with Crippen molar-refractivity contribution in [2.75, 3.05) is 19.6 Å². The van der Waals surface area contributed by atoms with E-state index < -0.39 is 15.6 Å². The molecule has 1 saturated heterocycles. The van der Waals surface area contributed by atoms with Gasteiger partial charge in [0.15, 0.2) is 0 Å². The summed E-state index contributed by atoms with van der Waals surface area (Å²) in [7, 11) is -3.62. The van der Waals surface area contributed by atoms with Gasteiger partial charge in [-0.1, -0.05) is 30.3 Å². The second-order valence-electron chi connectivity index (χ2n) is 8.76. The van der Waals surface area contributed by atoms with E-state index in [-0.39, 0.29) is 16.8 Å². The average molecular weight is 430 g/mol. The largest absolute Gasteiger partial charge is 0.350 e. The Hall–Kier alpha value is -2.22. The minimum atomic E-state index is -3.62. The average Bonchev–Trinajstić information content (AvgIpc) is 3.21. The number of amides is 1. The Morgan fingerprint density at radius 2 is 1.60 bits per heavy atom. The summed E-state index contributed by atoms with van der Waals surface area (Å²) in [5, 5.41) is 3.03. The Balaban J connectivity index is 1.67. The highest BCUT2D eigenvalue weighted by Gasteiger charge is 2.25. The van der Waals surface area contributed by atoms with Crippen molar-refractivity contribution >= 4 is 15.9 Å². The molecule has 162 valence electrons. The number of nitrogens with one attached hydrogen (secondary N) is 2. The molecule has 1 fully saturated rings. The molecule has 1 atom stereocenters. The Morgan fingerprint density at radius 3 is 2.17 bits per heavy atom. The molecule has 0 spiro atoms. The predicted octanol–water partition coefficient (Wildman–Crippen LogP) is 3.33. The lowest BCUT2D eigenvalue weighted by Crippen LogP contribution is -2.40. The third-order valence-electron chi connectivity index (χ3n) is 5.09. The number of hydrogen-bond acceptors (Lipinski definition) is 4. The Labute approximate surface area is 179 Å². The molecule has 1 aliphatic rings. The van der Waals surface area contributed by atoms with Gasteiger partial charge in [-0.25, -0.2) is 13.1 Å². The molecule has 30 heavy (non-hydrogen) atoms. The summed E-state index contributed by atoms with van der Waals surface area (Å²) in [5.41, 5.74) is 1.06. The van der Waals surface area contributed by atoms with Gasteiger partial charge in [-0.2, -0.15) is 0 Å². The van der Waals surface area contributed by atoms with E-state index in [1.54, 1.807) is 32.9 Å². The van der Waals surface area contributed by atoms with Crippen molar-refractivity contribution in [3.05, 3.63) is 65.7 Å². The number of carbonyl (C=O) groups is 1. The number of nitrogens with zero attached hydrogens (tertiary/aromatic N) is 1. The second kappa shape index (κ2) is 9.29. The summed E-state index contributed by atoms with van der Waals surface area (Å²) in [4.78, 5) is 15.2. The molecule has 0 saturated carbocycles. The molecule has 1 heterocycles. The van der Waals surface area contributed by atoms with Crippen molar-refractivity contribution in [1.29, 1.82) is 0 Å². The maximum absolute atomic E-state index is 12.7. The molecule has 3 rings (SSSR count). The van der Waals surface area contributed by atoms with Crippen LogP contribution in [0, 0.1) is 0 Å². The van der Waals surface area contributed by atoms with Crippen LogP contribution in [0.5, 0.6) is 0 Å². The molecule has 1 aliphatic heterocycles. The van der Waals surface area contributed by atoms with Gasteiger partial charge in [-0.3, -0.25) is 9.69 Å². The lowest BCUT2D eigenvalue weighted by atomic mass is 10.1. The van der Waals surface area contributed by atoms with Crippen LogP contribution in [0.4, 0.5) is 0 Å². The highest BCUT2D eigenvalue weighted by Crippen LogP contribution is 2.24. The topological polar surface area (TPSA) is 78.5 Å². The molecular weight excluding hydrogens is 398 g/mol. The lowest BCUT2D eigenvalue weighted by Gasteiger charge is -2.28. The van der Waals surface area contributed by atoms with E-state index in [9.17, 15) is 13.2 Å². The summed E-state index contributed by atoms with van der Waals surface area (Å²) in [6.45, 7) is 7.93. The van der Waals surface area contributed by atoms with Gasteiger partial charge in [0.1, 0.15) is 0 Å². The number of carbonyl (C=O) groups excluding carboxylic acids is 1. The molecule has 7 heteroatoms. The maximum atomic E-state index is 12.7. The second-order valence-corrected chi connectivity index (χ2v) is 10.4. The lowest BCUT2D eigenvalue weighted by molar-refractivity contribution is 0.0938. The van der Waals surface area contributed by atoms with Crippen molar-refractivity contribution in [3.8, 4) is 0 Å². The molecule has 0 radical (unpaired) electrons. The monoisotopic (exact) mass is 429 g/mol. The van der Waals surface area contributed by atoms with Crippen LogP contribution in [-0.2, 0) is 10.0 Å². The first kappa shape index (κ1) is 22.5. The van der Waals surface area contributed by atoms with E-state index in [0.717, 1.165) is 13.1 Å². The van der Waals surface area contributed by atoms with E-state index in [0.29, 0.717) is 12.1 Å². The van der Waals surface area contributed by atoms with Gasteiger partial charge < -0.3 is 5.32 Å². The zero-order valence-electron chi connectivity index (χ0n) is 17.9. The number of hydrogen-bond donors (Lipinski definition) is 2. The van der Waals surface area contributed by atoms with Crippen LogP contribution in [0.25, 0.3) is 0 Å². The fourth-order valence-corrected chi connectivity index (χ4v) is 5.14. The van der Waals surface area contributed by atoms with E-state index in [4.69, 9.17) is 0 Å². The summed E-state index contributed by atoms with van der Waals surface area (Å²) in [5.74, 6) is -0.206. The SMILES string of the molecule is CC(C)(C)NS(=O)(=O)c1ccc(C(=O)NCC(c2ccccc2)N2CCCC2)cc1. The summed E-state index contributed by atoms with van der Waals surface area (Å²) in [6.07, 6.45) is 2.35. The zero-order valence-corrected chi connectivity index (χ0v) is 18.7. The zero-order chi connectivity index (χ0) is 21.8. The summed E-state index contributed by atoms with van der Waals surface area (Å²) >= 11 is 0. The van der Waals surface area contributed by atoms with Gasteiger partial charge in [0, 0.05) is 17.6 Å². The van der Waals surface area contributed by atoms with E-state index in [2.05, 4.69) is 27.1 Å². The van der Waals surface area contributed by atoms with Crippen LogP contribution in [0.15, 0.2) is 59.5 Å². The molecule has 0 bridgehead atoms. The molecular formula is C23H31N3O3S. The highest BCUT2D eigenvalue weighted by molar-refractivity contribution is 7.89. The van der Waals surface area contributed by atoms with Gasteiger partial charge in [0.25, 0.3) is 5.91 Å². The molecule has 2 aromatic rings. The van der Waals surface area contributed by atoms with Crippen molar-refractivity contribution < 1.29 is 13.2 Å². The fourth-order valence-electron chi connectivity index (χ4n) is 3.73. The van der Waals surface area contributed by atoms with Crippen LogP contribution in [0.3, 0.4) is 0 Å². The molecule has 1 unspecified atom stereocenters. The van der Waals surface area contributed by atoms with Crippen LogP contribution in [0.2, 0.25) is 0 Å². The standard InChI is InChI=1S/C23H31N3O3S/c1-23(2,3)25-30(28,29)20-13-11-19(12-14-20)22(27)24-17-21(26-15-7-8-16-26)18-9-5-4-6-10-18/h4-6,9-14,21,25H,7-8,15-17H2,1-3H3,(H,24,27). The van der Waals surface area contributed by atoms with Crippen molar-refractivity contribution in [2.24, 2.45) is 0 Å². The Morgan fingerprint density at radius 1 is 1.00 bits per heavy atom. The van der Waals surface area contributed by atoms with Gasteiger partial charge >= 0.3 is 0 Å². The van der Waals surface area contributed by atoms with Crippen LogP contribution in [0.1, 0.15) is 55.6 Å². The van der Waals surface area contributed by atoms with Gasteiger partial charge in [0.05, 0.1) is 10.9 Å². The van der Waals surface area contributed by atoms with E-state index >= 15 is 0 Å². The maximum Gasteiger partial charge on any atom is 0.251 e. The third kappa shape index (κ3) is 5.90. The molecule has 2 aromatic carbocycles. The van der Waals surface area contributed by atoms with E-state index in [1.165, 1.54) is 30.5 Å². The number of rotatable bonds is 7. The number of sulfonamides is 1. The normalized spacial score (nSPS) is 16.4. The van der Waals surface area contributed by atoms with Crippen LogP contribution >= 0.6 is 0 Å². The highest BCUT2D eigenvalue weighted by atomic mass is 32.2. The first-order chi connectivity index (χ1) is 14.2. The smallest absolute Gasteiger partial charge is 0.251 e. The molecule has 2 N–H and O–H groups in total. The van der Waals surface area contributed by atoms with Gasteiger partial charge in [-0.05, 0) is 76.5 Å². The molecule has 0 aliphatic carbocycles. The van der Waals surface area contributed by atoms with Crippen LogP contribution in [-0.4, -0.2) is 44.4 Å². The van der Waals surface area contributed by atoms with Crippen molar-refractivity contribution in [2.45, 2.75) is 50.1 Å². The van der Waals surface area contributed by atoms with Gasteiger partial charge in [0.2, 0.25) is 10.0 Å². The number of likely N-dealkylation sites (tertiary alicyclic amines) is 1. The minimum Gasteiger partial charge on any atom is -0.350 e. The predicted molar refractivity (Wildman–Crippen MR) is 119 cm³/mol. The van der Waals surface area contributed by atoms with Crippen molar-refractivity contribution in [3.63, 3.8) is 0 Å². The first-order valence-corrected chi connectivity index (χ1v) is 11.9. The third-order valence-corrected chi connectivity index (χ3v) is 6.86. The molecule has 1 amide bonds. The Kier molecular flexibility index (Phi) is 6.95. The van der Waals surface area contributed by atoms with Gasteiger partial charge in [-0.15, -0.1) is 0 Å². The van der Waals surface area contributed by atoms with Crippen molar-refractivity contribution in [1.82, 2.24) is 14.9 Å². The summed E-state index contributed by atoms with van der Waals surface area (Å²) < 4.78 is 27.5. The minimum absolute atomic E-state index is 0.133.